The van der Waals surface area contributed by atoms with E-state index < -0.39 is 30.3 Å². The molecule has 4 aliphatic rings. The van der Waals surface area contributed by atoms with Gasteiger partial charge in [0.15, 0.2) is 6.61 Å². The fraction of sp³-hybridized carbons (Fsp3) is 0.176. The third kappa shape index (κ3) is 4.03. The summed E-state index contributed by atoms with van der Waals surface area (Å²) in [5.41, 5.74) is 6.14. The van der Waals surface area contributed by atoms with E-state index in [1.807, 2.05) is 31.2 Å². The Bertz CT molecular complexity index is 1700. The molecule has 0 aromatic heterocycles. The van der Waals surface area contributed by atoms with Gasteiger partial charge in [-0.2, -0.15) is 0 Å². The third-order valence-corrected chi connectivity index (χ3v) is 8.83. The first-order chi connectivity index (χ1) is 20.3. The van der Waals surface area contributed by atoms with Gasteiger partial charge < -0.3 is 10.1 Å². The SMILES string of the molecule is Cc1ccc(Cl)cc1NC(=O)COC(=O)c1cccc(N2C(=O)[C@@H]3C4c5ccccc5C(c5ccccc54)[C@@H]3C2=O)c1. The lowest BCUT2D eigenvalue weighted by atomic mass is 9.55. The van der Waals surface area contributed by atoms with Gasteiger partial charge in [0.05, 0.1) is 23.1 Å². The van der Waals surface area contributed by atoms with E-state index >= 15 is 0 Å². The average molecular weight is 577 g/mol. The molecular formula is C34H25ClN2O5. The third-order valence-electron chi connectivity index (χ3n) is 8.60. The van der Waals surface area contributed by atoms with Gasteiger partial charge >= 0.3 is 5.97 Å². The molecule has 42 heavy (non-hydrogen) atoms. The zero-order valence-corrected chi connectivity index (χ0v) is 23.3. The number of esters is 1. The minimum atomic E-state index is -0.744. The lowest BCUT2D eigenvalue weighted by molar-refractivity contribution is -0.122. The number of hydrogen-bond donors (Lipinski definition) is 1. The molecule has 0 radical (unpaired) electrons. The number of amides is 3. The van der Waals surface area contributed by atoms with Crippen molar-refractivity contribution in [1.82, 2.24) is 0 Å². The number of anilines is 2. The first-order valence-electron chi connectivity index (χ1n) is 13.7. The lowest BCUT2D eigenvalue weighted by Gasteiger charge is -2.45. The van der Waals surface area contributed by atoms with E-state index in [1.165, 1.54) is 17.0 Å². The van der Waals surface area contributed by atoms with Gasteiger partial charge in [0.25, 0.3) is 5.91 Å². The van der Waals surface area contributed by atoms with Gasteiger partial charge in [0.1, 0.15) is 0 Å². The van der Waals surface area contributed by atoms with Crippen LogP contribution in [-0.2, 0) is 19.1 Å². The molecule has 1 fully saturated rings. The van der Waals surface area contributed by atoms with Crippen LogP contribution in [-0.4, -0.2) is 30.3 Å². The minimum Gasteiger partial charge on any atom is -0.452 e. The van der Waals surface area contributed by atoms with E-state index in [4.69, 9.17) is 16.3 Å². The molecule has 8 rings (SSSR count). The molecule has 0 unspecified atom stereocenters. The molecule has 1 saturated heterocycles. The maximum atomic E-state index is 14.0. The predicted octanol–water partition coefficient (Wildman–Crippen LogP) is 5.84. The number of benzene rings is 4. The van der Waals surface area contributed by atoms with Gasteiger partial charge in [-0.15, -0.1) is 0 Å². The number of ether oxygens (including phenoxy) is 1. The van der Waals surface area contributed by atoms with Crippen LogP contribution in [0.5, 0.6) is 0 Å². The highest BCUT2D eigenvalue weighted by Gasteiger charge is 2.61. The number of hydrogen-bond acceptors (Lipinski definition) is 5. The van der Waals surface area contributed by atoms with E-state index in [9.17, 15) is 19.2 Å². The average Bonchev–Trinajstić information content (AvgIpc) is 3.27. The standard InChI is InChI=1S/C34H25ClN2O5/c1-18-13-14-20(35)16-26(18)36-27(38)17-42-34(41)19-7-6-8-21(15-19)37-32(39)30-28-22-9-2-3-10-23(22)29(31(30)33(37)40)25-12-5-4-11-24(25)28/h2-16,28-31H,17H2,1H3,(H,36,38)/t28?,29?,30-,31+. The van der Waals surface area contributed by atoms with Crippen LogP contribution in [0.4, 0.5) is 11.4 Å². The van der Waals surface area contributed by atoms with Crippen LogP contribution in [0.2, 0.25) is 5.02 Å². The van der Waals surface area contributed by atoms with E-state index in [0.717, 1.165) is 27.8 Å². The van der Waals surface area contributed by atoms with E-state index in [1.54, 1.807) is 30.3 Å². The predicted molar refractivity (Wildman–Crippen MR) is 158 cm³/mol. The summed E-state index contributed by atoms with van der Waals surface area (Å²) in [5.74, 6) is -3.30. The quantitative estimate of drug-likeness (QED) is 0.238. The van der Waals surface area contributed by atoms with Gasteiger partial charge in [-0.05, 0) is 65.1 Å². The van der Waals surface area contributed by atoms with Gasteiger partial charge in [-0.3, -0.25) is 14.4 Å². The maximum Gasteiger partial charge on any atom is 0.338 e. The Morgan fingerprint density at radius 2 is 1.36 bits per heavy atom. The number of carbonyl (C=O) groups excluding carboxylic acids is 4. The van der Waals surface area contributed by atoms with E-state index in [0.29, 0.717) is 16.4 Å². The zero-order valence-electron chi connectivity index (χ0n) is 22.5. The Labute approximate surface area is 247 Å². The molecule has 1 heterocycles. The van der Waals surface area contributed by atoms with Crippen LogP contribution in [0.25, 0.3) is 0 Å². The number of aryl methyl sites for hydroxylation is 1. The van der Waals surface area contributed by atoms with Crippen molar-refractivity contribution in [3.63, 3.8) is 0 Å². The Morgan fingerprint density at radius 1 is 0.786 bits per heavy atom. The molecule has 208 valence electrons. The van der Waals surface area contributed by atoms with Gasteiger partial charge in [-0.25, -0.2) is 9.69 Å². The number of nitrogens with one attached hydrogen (secondary N) is 1. The van der Waals surface area contributed by atoms with Crippen molar-refractivity contribution in [2.75, 3.05) is 16.8 Å². The van der Waals surface area contributed by atoms with Gasteiger partial charge in [-0.1, -0.05) is 72.3 Å². The summed E-state index contributed by atoms with van der Waals surface area (Å²) in [4.78, 5) is 54.6. The second-order valence-corrected chi connectivity index (χ2v) is 11.3. The van der Waals surface area contributed by atoms with Crippen LogP contribution in [0.15, 0.2) is 91.0 Å². The molecular weight excluding hydrogens is 552 g/mol. The van der Waals surface area contributed by atoms with Crippen LogP contribution < -0.4 is 10.2 Å². The first kappa shape index (κ1) is 26.2. The van der Waals surface area contributed by atoms with Crippen molar-refractivity contribution in [3.05, 3.63) is 129 Å². The molecule has 8 heteroatoms. The highest BCUT2D eigenvalue weighted by atomic mass is 35.5. The molecule has 1 N–H and O–H groups in total. The van der Waals surface area contributed by atoms with Crippen LogP contribution >= 0.6 is 11.6 Å². The highest BCUT2D eigenvalue weighted by Crippen LogP contribution is 2.61. The van der Waals surface area contributed by atoms with E-state index in [-0.39, 0.29) is 29.2 Å². The normalized spacial score (nSPS) is 21.4. The number of rotatable bonds is 5. The monoisotopic (exact) mass is 576 g/mol. The molecule has 3 amide bonds. The number of carbonyl (C=O) groups is 4. The summed E-state index contributed by atoms with van der Waals surface area (Å²) in [6.07, 6.45) is 0. The zero-order chi connectivity index (χ0) is 29.1. The summed E-state index contributed by atoms with van der Waals surface area (Å²) < 4.78 is 5.25. The minimum absolute atomic E-state index is 0.129. The number of imide groups is 1. The van der Waals surface area contributed by atoms with Gasteiger partial charge in [0, 0.05) is 22.5 Å². The Kier molecular flexibility index (Phi) is 6.21. The summed E-state index contributed by atoms with van der Waals surface area (Å²) in [6.45, 7) is 1.31. The van der Waals surface area contributed by atoms with Crippen LogP contribution in [0.1, 0.15) is 50.0 Å². The molecule has 4 aromatic carbocycles. The van der Waals surface area contributed by atoms with Crippen molar-refractivity contribution in [3.8, 4) is 0 Å². The second-order valence-electron chi connectivity index (χ2n) is 10.9. The summed E-state index contributed by atoms with van der Waals surface area (Å²) in [6, 6.07) is 27.5. The van der Waals surface area contributed by atoms with Crippen molar-refractivity contribution < 1.29 is 23.9 Å². The molecule has 3 aliphatic carbocycles. The molecule has 2 atom stereocenters. The van der Waals surface area contributed by atoms with E-state index in [2.05, 4.69) is 29.6 Å². The molecule has 2 bridgehead atoms. The largest absolute Gasteiger partial charge is 0.452 e. The lowest BCUT2D eigenvalue weighted by Crippen LogP contribution is -2.41. The van der Waals surface area contributed by atoms with Crippen molar-refractivity contribution in [2.24, 2.45) is 11.8 Å². The number of halogens is 1. The fourth-order valence-corrected chi connectivity index (χ4v) is 7.01. The topological polar surface area (TPSA) is 92.8 Å². The van der Waals surface area contributed by atoms with Crippen LogP contribution in [0.3, 0.4) is 0 Å². The van der Waals surface area contributed by atoms with Crippen LogP contribution in [0, 0.1) is 18.8 Å². The smallest absolute Gasteiger partial charge is 0.338 e. The van der Waals surface area contributed by atoms with Gasteiger partial charge in [0.2, 0.25) is 11.8 Å². The summed E-state index contributed by atoms with van der Waals surface area (Å²) >= 11 is 6.01. The second kappa shape index (κ2) is 9.96. The fourth-order valence-electron chi connectivity index (χ4n) is 6.83. The van der Waals surface area contributed by atoms with Crippen molar-refractivity contribution >= 4 is 46.7 Å². The Balaban J connectivity index is 1.13. The highest BCUT2D eigenvalue weighted by molar-refractivity contribution is 6.31. The molecule has 1 aliphatic heterocycles. The maximum absolute atomic E-state index is 14.0. The number of nitrogens with zero attached hydrogens (tertiary/aromatic N) is 1. The molecule has 7 nitrogen and oxygen atoms in total. The molecule has 0 saturated carbocycles. The Morgan fingerprint density at radius 3 is 1.93 bits per heavy atom. The van der Waals surface area contributed by atoms with Crippen molar-refractivity contribution in [1.29, 1.82) is 0 Å². The molecule has 0 spiro atoms. The summed E-state index contributed by atoms with van der Waals surface area (Å²) in [7, 11) is 0. The first-order valence-corrected chi connectivity index (χ1v) is 14.1. The van der Waals surface area contributed by atoms with Crippen molar-refractivity contribution in [2.45, 2.75) is 18.8 Å². The Hall–Kier alpha value is -4.75. The summed E-state index contributed by atoms with van der Waals surface area (Å²) in [5, 5.41) is 3.15. The molecule has 4 aromatic rings.